The van der Waals surface area contributed by atoms with Crippen LogP contribution in [0, 0.1) is 11.3 Å². The number of rotatable bonds is 17. The Morgan fingerprint density at radius 2 is 1.21 bits per heavy atom. The molecule has 38 heavy (non-hydrogen) atoms. The van der Waals surface area contributed by atoms with E-state index in [1.165, 1.54) is 0 Å². The molecule has 0 bridgehead atoms. The number of aliphatic carboxylic acids is 1. The summed E-state index contributed by atoms with van der Waals surface area (Å²) >= 11 is 0. The lowest BCUT2D eigenvalue weighted by atomic mass is 10.1. The van der Waals surface area contributed by atoms with E-state index in [1.807, 2.05) is 0 Å². The summed E-state index contributed by atoms with van der Waals surface area (Å²) in [6, 6.07) is 0. The van der Waals surface area contributed by atoms with Gasteiger partial charge in [0.1, 0.15) is 0 Å². The van der Waals surface area contributed by atoms with Gasteiger partial charge in [0.05, 0.1) is 30.4 Å². The quantitative estimate of drug-likeness (QED) is 0.0635. The number of hydrogen-bond acceptors (Lipinski definition) is 15. The highest BCUT2D eigenvalue weighted by atomic mass is 31.2. The third-order valence-electron chi connectivity index (χ3n) is 3.73. The van der Waals surface area contributed by atoms with Crippen molar-refractivity contribution in [1.29, 1.82) is 5.41 Å². The van der Waals surface area contributed by atoms with Gasteiger partial charge < -0.3 is 38.3 Å². The molecule has 0 fully saturated rings. The molecule has 0 aromatic rings. The van der Waals surface area contributed by atoms with E-state index in [2.05, 4.69) is 9.47 Å². The highest BCUT2D eigenvalue weighted by Crippen LogP contribution is 2.50. The SMILES string of the molecule is CC(C)OC(=N)OCOP(=O)(CC(CCC(=O)O)C(=O)OCOC(=O)OC(C)C)OCOC(=O)OC(C)C. The van der Waals surface area contributed by atoms with Gasteiger partial charge in [0.15, 0.2) is 0 Å². The molecule has 0 heterocycles. The van der Waals surface area contributed by atoms with E-state index >= 15 is 0 Å². The van der Waals surface area contributed by atoms with Crippen LogP contribution in [-0.4, -0.2) is 80.3 Å². The summed E-state index contributed by atoms with van der Waals surface area (Å²) in [5.74, 6) is -3.75. The molecule has 0 spiro atoms. The van der Waals surface area contributed by atoms with Crippen LogP contribution in [0.2, 0.25) is 0 Å². The van der Waals surface area contributed by atoms with Crippen molar-refractivity contribution in [2.75, 3.05) is 26.5 Å². The van der Waals surface area contributed by atoms with Crippen LogP contribution in [0.15, 0.2) is 0 Å². The second-order valence-corrected chi connectivity index (χ2v) is 10.3. The topological polar surface area (TPSA) is 212 Å². The first-order chi connectivity index (χ1) is 17.6. The predicted molar refractivity (Wildman–Crippen MR) is 126 cm³/mol. The van der Waals surface area contributed by atoms with Crippen molar-refractivity contribution >= 4 is 37.9 Å². The van der Waals surface area contributed by atoms with Crippen molar-refractivity contribution in [3.63, 3.8) is 0 Å². The van der Waals surface area contributed by atoms with Crippen LogP contribution in [0.1, 0.15) is 54.4 Å². The van der Waals surface area contributed by atoms with Crippen molar-refractivity contribution in [2.24, 2.45) is 5.92 Å². The van der Waals surface area contributed by atoms with E-state index in [-0.39, 0.29) is 6.42 Å². The highest BCUT2D eigenvalue weighted by molar-refractivity contribution is 7.53. The molecule has 0 saturated carbocycles. The lowest BCUT2D eigenvalue weighted by molar-refractivity contribution is -0.158. The Hall–Kier alpha value is -3.10. The fourth-order valence-corrected chi connectivity index (χ4v) is 3.85. The first kappa shape index (κ1) is 34.9. The monoisotopic (exact) mass is 573 g/mol. The summed E-state index contributed by atoms with van der Waals surface area (Å²) in [5.41, 5.74) is 0. The molecular formula is C21H36NO15P. The molecular weight excluding hydrogens is 537 g/mol. The number of esters is 1. The van der Waals surface area contributed by atoms with Gasteiger partial charge in [0.2, 0.25) is 20.4 Å². The zero-order chi connectivity index (χ0) is 29.3. The first-order valence-electron chi connectivity index (χ1n) is 11.4. The molecule has 2 atom stereocenters. The highest BCUT2D eigenvalue weighted by Gasteiger charge is 2.35. The molecule has 0 aromatic heterocycles. The van der Waals surface area contributed by atoms with E-state index in [0.717, 1.165) is 0 Å². The van der Waals surface area contributed by atoms with Crippen molar-refractivity contribution in [3.05, 3.63) is 0 Å². The Bertz CT molecular complexity index is 797. The van der Waals surface area contributed by atoms with Crippen LogP contribution in [0.4, 0.5) is 9.59 Å². The van der Waals surface area contributed by atoms with Gasteiger partial charge in [-0.05, 0) is 48.0 Å². The van der Waals surface area contributed by atoms with E-state index in [4.69, 9.17) is 43.2 Å². The van der Waals surface area contributed by atoms with Gasteiger partial charge in [-0.2, -0.15) is 0 Å². The largest absolute Gasteiger partial charge is 0.511 e. The van der Waals surface area contributed by atoms with E-state index in [0.29, 0.717) is 0 Å². The van der Waals surface area contributed by atoms with Crippen LogP contribution in [-0.2, 0) is 56.4 Å². The first-order valence-corrected chi connectivity index (χ1v) is 13.2. The van der Waals surface area contributed by atoms with Crippen molar-refractivity contribution < 1.29 is 71.1 Å². The molecule has 0 saturated heterocycles. The summed E-state index contributed by atoms with van der Waals surface area (Å²) in [6.45, 7) is 6.91. The van der Waals surface area contributed by atoms with Gasteiger partial charge in [-0.15, -0.1) is 0 Å². The average molecular weight is 573 g/mol. The number of carbonyl (C=O) groups excluding carboxylic acids is 3. The van der Waals surface area contributed by atoms with Crippen LogP contribution < -0.4 is 0 Å². The summed E-state index contributed by atoms with van der Waals surface area (Å²) in [6.07, 6.45) is -5.96. The van der Waals surface area contributed by atoms with Gasteiger partial charge in [0.25, 0.3) is 0 Å². The molecule has 0 rings (SSSR count). The second-order valence-electron chi connectivity index (χ2n) is 8.22. The number of carboxylic acid groups (broad SMARTS) is 1. The van der Waals surface area contributed by atoms with Crippen LogP contribution >= 0.6 is 7.60 Å². The summed E-state index contributed by atoms with van der Waals surface area (Å²) in [5, 5.41) is 16.6. The Morgan fingerprint density at radius 3 is 1.68 bits per heavy atom. The Balaban J connectivity index is 5.42. The summed E-state index contributed by atoms with van der Waals surface area (Å²) in [7, 11) is -4.38. The maximum absolute atomic E-state index is 13.4. The third kappa shape index (κ3) is 18.2. The maximum atomic E-state index is 13.4. The molecule has 220 valence electrons. The second kappa shape index (κ2) is 18.2. The molecule has 0 aliphatic carbocycles. The zero-order valence-electron chi connectivity index (χ0n) is 22.2. The van der Waals surface area contributed by atoms with Crippen molar-refractivity contribution in [3.8, 4) is 0 Å². The van der Waals surface area contributed by atoms with Gasteiger partial charge in [-0.25, -0.2) is 15.0 Å². The van der Waals surface area contributed by atoms with Crippen LogP contribution in [0.25, 0.3) is 0 Å². The zero-order valence-corrected chi connectivity index (χ0v) is 23.1. The molecule has 0 aromatic carbocycles. The van der Waals surface area contributed by atoms with Gasteiger partial charge in [-0.1, -0.05) is 0 Å². The minimum Gasteiger partial charge on any atom is -0.481 e. The van der Waals surface area contributed by atoms with E-state index in [1.54, 1.807) is 41.5 Å². The fourth-order valence-electron chi connectivity index (χ4n) is 2.26. The number of ether oxygens (including phenoxy) is 7. The number of hydrogen-bond donors (Lipinski definition) is 2. The smallest absolute Gasteiger partial charge is 0.481 e. The Morgan fingerprint density at radius 1 is 0.737 bits per heavy atom. The molecule has 2 unspecified atom stereocenters. The van der Waals surface area contributed by atoms with Crippen molar-refractivity contribution in [1.82, 2.24) is 0 Å². The normalized spacial score (nSPS) is 13.3. The Kier molecular flexibility index (Phi) is 16.7. The lowest BCUT2D eigenvalue weighted by Gasteiger charge is -2.23. The molecule has 0 aliphatic heterocycles. The summed E-state index contributed by atoms with van der Waals surface area (Å²) in [4.78, 5) is 46.7. The number of carbonyl (C=O) groups is 4. The lowest BCUT2D eigenvalue weighted by Crippen LogP contribution is -2.26. The van der Waals surface area contributed by atoms with E-state index in [9.17, 15) is 23.7 Å². The molecule has 0 radical (unpaired) electrons. The molecule has 16 nitrogen and oxygen atoms in total. The maximum Gasteiger partial charge on any atom is 0.511 e. The molecule has 17 heteroatoms. The standard InChI is InChI=1S/C21H36NO15P/c1-13(2)35-19(22)30-11-33-38(28,34-12-32-21(27)37-15(5)6)9-16(7-8-17(23)24)18(25)29-10-31-20(26)36-14(3)4/h13-16,22H,7-12H2,1-6H3,(H,23,24). The van der Waals surface area contributed by atoms with Crippen LogP contribution in [0.5, 0.6) is 0 Å². The Labute approximate surface area is 220 Å². The number of nitrogens with one attached hydrogen (secondary N) is 1. The minimum absolute atomic E-state index is 0.370. The fraction of sp³-hybridized carbons (Fsp3) is 0.762. The predicted octanol–water partition coefficient (Wildman–Crippen LogP) is 3.61. The third-order valence-corrected chi connectivity index (χ3v) is 5.62. The van der Waals surface area contributed by atoms with Gasteiger partial charge in [0, 0.05) is 6.42 Å². The van der Waals surface area contributed by atoms with Crippen LogP contribution in [0.3, 0.4) is 0 Å². The number of carboxylic acids is 1. The summed E-state index contributed by atoms with van der Waals surface area (Å²) < 4.78 is 56.9. The van der Waals surface area contributed by atoms with E-state index < -0.39 is 95.1 Å². The minimum atomic E-state index is -4.38. The molecule has 2 N–H and O–H groups in total. The van der Waals surface area contributed by atoms with Gasteiger partial charge in [-0.3, -0.25) is 23.2 Å². The average Bonchev–Trinajstić information content (AvgIpc) is 2.74. The molecule has 0 aliphatic rings. The van der Waals surface area contributed by atoms with Gasteiger partial charge >= 0.3 is 37.9 Å². The molecule has 0 amide bonds. The van der Waals surface area contributed by atoms with Crippen molar-refractivity contribution in [2.45, 2.75) is 72.7 Å².